The summed E-state index contributed by atoms with van der Waals surface area (Å²) in [6.07, 6.45) is 0.711. The van der Waals surface area contributed by atoms with Crippen molar-refractivity contribution in [2.75, 3.05) is 149 Å². The molecule has 3 aliphatic heterocycles. The van der Waals surface area contributed by atoms with Crippen LogP contribution in [0.4, 0.5) is 37.1 Å². The van der Waals surface area contributed by atoms with Crippen LogP contribution in [0.15, 0.2) is 113 Å². The molecule has 35 heteroatoms. The minimum atomic E-state index is -4.19. The molecular weight excluding hydrogens is 1530 g/mol. The predicted molar refractivity (Wildman–Crippen MR) is 435 cm³/mol. The average molecular weight is 1640 g/mol. The van der Waals surface area contributed by atoms with Gasteiger partial charge in [0.05, 0.1) is 135 Å². The lowest BCUT2D eigenvalue weighted by Crippen LogP contribution is -2.57. The van der Waals surface area contributed by atoms with Crippen molar-refractivity contribution in [1.29, 1.82) is 0 Å². The number of urea groups is 3. The molecule has 34 nitrogen and oxygen atoms in total. The molecule has 9 rings (SSSR count). The van der Waals surface area contributed by atoms with Crippen molar-refractivity contribution in [1.82, 2.24) is 41.0 Å². The second-order valence-electron chi connectivity index (χ2n) is 31.0. The molecule has 9 amide bonds. The Morgan fingerprint density at radius 3 is 1.91 bits per heavy atom. The van der Waals surface area contributed by atoms with Crippen molar-refractivity contribution in [2.24, 2.45) is 5.92 Å². The number of cyclic esters (lactones) is 1. The molecule has 1 saturated heterocycles. The number of esters is 4. The number of likely N-dealkylation sites (tertiary alicyclic amines) is 1. The number of sulfonamides is 1. The summed E-state index contributed by atoms with van der Waals surface area (Å²) in [5.74, 6) is -5.94. The number of hydrogen-bond donors (Lipinski definition) is 9. The Morgan fingerprint density at radius 2 is 1.26 bits per heavy atom. The van der Waals surface area contributed by atoms with Gasteiger partial charge in [0.1, 0.15) is 51.0 Å². The highest BCUT2D eigenvalue weighted by Gasteiger charge is 2.52. The highest BCUT2D eigenvalue weighted by molar-refractivity contribution is 7.92. The number of rotatable bonds is 41. The number of quaternary nitrogens is 2. The summed E-state index contributed by atoms with van der Waals surface area (Å²) in [7, 11) is 7.39. The highest BCUT2D eigenvalue weighted by atomic mass is 32.2. The van der Waals surface area contributed by atoms with Crippen molar-refractivity contribution in [3.63, 3.8) is 0 Å². The minimum Gasteiger partial charge on any atom is -0.460 e. The van der Waals surface area contributed by atoms with Crippen molar-refractivity contribution in [3.05, 3.63) is 141 Å². The Kier molecular flexibility index (Phi) is 31.6. The Bertz CT molecular complexity index is 4760. The molecule has 3 aliphatic rings. The van der Waals surface area contributed by atoms with Gasteiger partial charge in [0.25, 0.3) is 15.6 Å². The molecule has 2 aromatic heterocycles. The second kappa shape index (κ2) is 41.1. The van der Waals surface area contributed by atoms with Crippen LogP contribution in [0.25, 0.3) is 22.3 Å². The molecule has 5 atom stereocenters. The zero-order valence-corrected chi connectivity index (χ0v) is 69.1. The molecule has 0 aliphatic carbocycles. The number of amides is 9. The van der Waals surface area contributed by atoms with Crippen molar-refractivity contribution in [2.45, 2.75) is 134 Å². The molecule has 6 aromatic rings. The normalized spacial score (nSPS) is 15.7. The van der Waals surface area contributed by atoms with Gasteiger partial charge in [-0.2, -0.15) is 0 Å². The summed E-state index contributed by atoms with van der Waals surface area (Å²) in [6, 6.07) is 20.8. The number of fused-ring (bicyclic) bond motifs is 5. The predicted octanol–water partition coefficient (Wildman–Crippen LogP) is 6.55. The molecular formula is C82H110N14O20S+2. The van der Waals surface area contributed by atoms with Crippen LogP contribution in [0.2, 0.25) is 0 Å². The lowest BCUT2D eigenvalue weighted by atomic mass is 9.85. The molecule has 117 heavy (non-hydrogen) atoms. The summed E-state index contributed by atoms with van der Waals surface area (Å²) in [4.78, 5) is 157. The van der Waals surface area contributed by atoms with E-state index in [-0.39, 0.29) is 132 Å². The van der Waals surface area contributed by atoms with Crippen LogP contribution in [0, 0.1) is 5.92 Å². The molecule has 5 heterocycles. The number of carbonyl (C=O) groups is 10. The van der Waals surface area contributed by atoms with Gasteiger partial charge in [-0.15, -0.1) is 0 Å². The summed E-state index contributed by atoms with van der Waals surface area (Å²) >= 11 is 0. The standard InChI is InChI=1S/C82H108N14O20S/c1-12-32-83-79(105)87-56-21-18-23-58(46-56)117(108,109)92-57-22-17-20-53(45-57)65(48-70(98)113-39-35-95(6,7)8)90-81(107)86-55-29-27-54(28-30-55)85-80(106)84-33-38-111-42-44-112-43-41-110-37-31-69(97)88-66(49-71(99)114-40-36-96(9,10)11)76(102)93-34-19-26-67(93)74(100)91-72(52(4)5)77(103)116-82(14-3)63-47-68-73-61(50-94(68)75(101)62(63)51-115-78(82)104)59(13-2)60-24-15-16-25-64(60)89-73/h15-18,20-25,27-30,45-47,52,65-67,72,92H,12-14,19,26,31-44,48-51H2,1-11H3,(H6-2,83,84,85,86,87,88,89,90,91,97,100,101,105,106,107)/p+2. The Labute approximate surface area is 680 Å². The zero-order valence-electron chi connectivity index (χ0n) is 68.3. The number of nitrogens with one attached hydrogen (secondary N) is 9. The number of ether oxygens (including phenoxy) is 7. The monoisotopic (exact) mass is 1640 g/mol. The third kappa shape index (κ3) is 25.0. The van der Waals surface area contributed by atoms with Crippen molar-refractivity contribution >= 4 is 103 Å². The number of nitrogens with zero attached hydrogens (tertiary/aromatic N) is 5. The van der Waals surface area contributed by atoms with E-state index in [1.165, 1.54) is 35.2 Å². The van der Waals surface area contributed by atoms with Gasteiger partial charge >= 0.3 is 42.0 Å². The molecule has 5 unspecified atom stereocenters. The first-order valence-electron chi connectivity index (χ1n) is 39.3. The van der Waals surface area contributed by atoms with E-state index in [4.69, 9.17) is 38.1 Å². The molecule has 9 N–H and O–H groups in total. The van der Waals surface area contributed by atoms with Gasteiger partial charge in [0, 0.05) is 65.3 Å². The summed E-state index contributed by atoms with van der Waals surface area (Å²) in [6.45, 7) is 11.2. The number of pyridine rings is 2. The lowest BCUT2D eigenvalue weighted by molar-refractivity contribution is -0.870. The summed E-state index contributed by atoms with van der Waals surface area (Å²) in [5.41, 5.74) is 3.01. The van der Waals surface area contributed by atoms with Crippen molar-refractivity contribution < 1.29 is 98.5 Å². The molecule has 632 valence electrons. The Hall–Kier alpha value is -11.1. The SMILES string of the molecule is CCCNC(=O)Nc1cccc(S(=O)(=O)Nc2cccc(C(CC(=O)OCC[N+](C)(C)C)NC(=O)Nc3ccc(NC(=O)NCCOCCOCCOCCC(=O)NC(CC(=O)OCC[N+](C)(C)C)C(=O)N4CCCC4C(=O)NC(C(=O)OC4(CC)C(=O)OCc5c4cc4n(c5=O)Cc5c-4nc4ccccc4c5CC)C(C)C)cc3)c2)c1. The van der Waals surface area contributed by atoms with Gasteiger partial charge in [-0.25, -0.2) is 37.4 Å². The van der Waals surface area contributed by atoms with Gasteiger partial charge in [-0.3, -0.25) is 33.5 Å². The molecule has 0 bridgehead atoms. The fourth-order valence-electron chi connectivity index (χ4n) is 13.5. The van der Waals surface area contributed by atoms with E-state index < -0.39 is 117 Å². The largest absolute Gasteiger partial charge is 0.460 e. The fourth-order valence-corrected chi connectivity index (χ4v) is 14.6. The minimum absolute atomic E-state index is 0.0290. The zero-order chi connectivity index (χ0) is 84.8. The van der Waals surface area contributed by atoms with Crippen LogP contribution in [0.5, 0.6) is 0 Å². The quantitative estimate of drug-likeness (QED) is 0.00849. The average Bonchev–Trinajstić information content (AvgIpc) is 1.61. The summed E-state index contributed by atoms with van der Waals surface area (Å²) in [5, 5.41) is 22.6. The number of carbonyl (C=O) groups excluding carboxylic acids is 10. The van der Waals surface area contributed by atoms with Crippen LogP contribution >= 0.6 is 0 Å². The van der Waals surface area contributed by atoms with Crippen molar-refractivity contribution in [3.8, 4) is 11.4 Å². The molecule has 0 saturated carbocycles. The van der Waals surface area contributed by atoms with Gasteiger partial charge in [-0.05, 0) is 116 Å². The third-order valence-electron chi connectivity index (χ3n) is 19.7. The Morgan fingerprint density at radius 1 is 0.650 bits per heavy atom. The van der Waals surface area contributed by atoms with Crippen LogP contribution in [0.3, 0.4) is 0 Å². The first-order valence-corrected chi connectivity index (χ1v) is 40.8. The Balaban J connectivity index is 0.698. The fraction of sp³-hybridized carbons (Fsp3) is 0.488. The van der Waals surface area contributed by atoms with E-state index in [0.717, 1.165) is 22.0 Å². The topological polar surface area (TPSA) is 416 Å². The molecule has 0 spiro atoms. The highest BCUT2D eigenvalue weighted by Crippen LogP contribution is 2.43. The molecule has 1 fully saturated rings. The number of benzene rings is 4. The number of hydrogen-bond acceptors (Lipinski definition) is 21. The number of para-hydroxylation sites is 1. The van der Waals surface area contributed by atoms with E-state index in [1.54, 1.807) is 73.9 Å². The molecule has 4 aromatic carbocycles. The lowest BCUT2D eigenvalue weighted by Gasteiger charge is -2.37. The second-order valence-corrected chi connectivity index (χ2v) is 32.7. The van der Waals surface area contributed by atoms with E-state index >= 15 is 0 Å². The van der Waals surface area contributed by atoms with Gasteiger partial charge in [-0.1, -0.05) is 71.0 Å². The number of aryl methyl sites for hydroxylation is 1. The maximum Gasteiger partial charge on any atom is 0.355 e. The number of likely N-dealkylation sites (N-methyl/N-ethyl adjacent to an activating group) is 2. The number of aromatic nitrogens is 2. The first-order chi connectivity index (χ1) is 55.7. The van der Waals surface area contributed by atoms with Crippen LogP contribution in [-0.4, -0.2) is 238 Å². The molecule has 0 radical (unpaired) electrons. The van der Waals surface area contributed by atoms with Crippen LogP contribution in [-0.2, 0) is 102 Å². The summed E-state index contributed by atoms with van der Waals surface area (Å²) < 4.78 is 72.1. The maximum atomic E-state index is 14.6. The van der Waals surface area contributed by atoms with E-state index in [2.05, 4.69) is 47.3 Å². The third-order valence-corrected chi connectivity index (χ3v) is 21.1. The van der Waals surface area contributed by atoms with Gasteiger partial charge < -0.3 is 94.1 Å². The number of anilines is 4. The maximum absolute atomic E-state index is 14.6. The van der Waals surface area contributed by atoms with E-state index in [1.807, 2.05) is 80.4 Å². The van der Waals surface area contributed by atoms with E-state index in [0.29, 0.717) is 76.2 Å². The van der Waals surface area contributed by atoms with Crippen LogP contribution in [0.1, 0.15) is 113 Å². The first kappa shape index (κ1) is 89.8. The van der Waals surface area contributed by atoms with Gasteiger partial charge in [0.15, 0.2) is 0 Å². The van der Waals surface area contributed by atoms with Crippen LogP contribution < -0.4 is 52.8 Å². The van der Waals surface area contributed by atoms with E-state index in [9.17, 15) is 61.2 Å². The smallest absolute Gasteiger partial charge is 0.355 e. The van der Waals surface area contributed by atoms with Gasteiger partial charge in [0.2, 0.25) is 23.3 Å².